The summed E-state index contributed by atoms with van der Waals surface area (Å²) in [6.45, 7) is 2.12. The smallest absolute Gasteiger partial charge is 0.280 e. The summed E-state index contributed by atoms with van der Waals surface area (Å²) < 4.78 is 0. The maximum atomic E-state index is 12.5. The lowest BCUT2D eigenvalue weighted by molar-refractivity contribution is 0.0927. The highest BCUT2D eigenvalue weighted by Gasteiger charge is 2.26. The minimum atomic E-state index is -0.0397. The summed E-state index contributed by atoms with van der Waals surface area (Å²) in [6, 6.07) is 4.38. The Labute approximate surface area is 146 Å². The molecule has 2 fully saturated rings. The first-order valence-electron chi connectivity index (χ1n) is 8.94. The van der Waals surface area contributed by atoms with E-state index in [0.717, 1.165) is 10.4 Å². The number of carbonyl (C=O) groups excluding carboxylic acids is 1. The lowest BCUT2D eigenvalue weighted by Gasteiger charge is -2.19. The molecule has 0 radical (unpaired) electrons. The summed E-state index contributed by atoms with van der Waals surface area (Å²) in [6.07, 6.45) is 11.2. The fraction of sp³-hybridized carbons (Fsp3) is 0.526. The summed E-state index contributed by atoms with van der Waals surface area (Å²) in [5.41, 5.74) is 2.29. The van der Waals surface area contributed by atoms with Crippen LogP contribution in [0, 0.1) is 5.92 Å². The van der Waals surface area contributed by atoms with Gasteiger partial charge >= 0.3 is 0 Å². The standard InChI is InChI=1S/C19H23N3OS/c1-12(13-4-2-3-5-13)22-18(23)19-21-11-17(24-19)15-8-9-20-16(10-15)14-6-7-14/h8-14H,2-7H2,1H3,(H,22,23). The highest BCUT2D eigenvalue weighted by molar-refractivity contribution is 7.16. The Kier molecular flexibility index (Phi) is 4.35. The van der Waals surface area contributed by atoms with Crippen molar-refractivity contribution >= 4 is 17.2 Å². The highest BCUT2D eigenvalue weighted by Crippen LogP contribution is 2.40. The van der Waals surface area contributed by atoms with Gasteiger partial charge in [0.25, 0.3) is 5.91 Å². The Bertz CT molecular complexity index is 732. The molecule has 2 heterocycles. The van der Waals surface area contributed by atoms with Crippen LogP contribution in [0.3, 0.4) is 0 Å². The van der Waals surface area contributed by atoms with Gasteiger partial charge in [-0.25, -0.2) is 4.98 Å². The molecule has 1 N–H and O–H groups in total. The quantitative estimate of drug-likeness (QED) is 0.877. The van der Waals surface area contributed by atoms with Crippen LogP contribution >= 0.6 is 11.3 Å². The van der Waals surface area contributed by atoms with E-state index in [4.69, 9.17) is 0 Å². The first kappa shape index (κ1) is 15.8. The summed E-state index contributed by atoms with van der Waals surface area (Å²) in [5, 5.41) is 3.69. The largest absolute Gasteiger partial charge is 0.347 e. The van der Waals surface area contributed by atoms with E-state index in [1.54, 1.807) is 0 Å². The van der Waals surface area contributed by atoms with Crippen molar-refractivity contribution in [3.63, 3.8) is 0 Å². The molecule has 126 valence electrons. The van der Waals surface area contributed by atoms with Crippen LogP contribution in [-0.2, 0) is 0 Å². The van der Waals surface area contributed by atoms with E-state index < -0.39 is 0 Å². The number of rotatable bonds is 5. The maximum absolute atomic E-state index is 12.5. The summed E-state index contributed by atoms with van der Waals surface area (Å²) in [4.78, 5) is 22.3. The van der Waals surface area contributed by atoms with E-state index in [2.05, 4.69) is 28.3 Å². The summed E-state index contributed by atoms with van der Waals surface area (Å²) in [5.74, 6) is 1.21. The lowest BCUT2D eigenvalue weighted by Crippen LogP contribution is -2.37. The van der Waals surface area contributed by atoms with Gasteiger partial charge in [-0.15, -0.1) is 11.3 Å². The molecule has 2 aromatic rings. The highest BCUT2D eigenvalue weighted by atomic mass is 32.1. The molecule has 24 heavy (non-hydrogen) atoms. The zero-order valence-corrected chi connectivity index (χ0v) is 14.8. The average Bonchev–Trinajstić information content (AvgIpc) is 3.11. The Balaban J connectivity index is 1.45. The van der Waals surface area contributed by atoms with Crippen LogP contribution in [0.4, 0.5) is 0 Å². The van der Waals surface area contributed by atoms with Gasteiger partial charge in [-0.05, 0) is 56.2 Å². The maximum Gasteiger partial charge on any atom is 0.280 e. The first-order chi connectivity index (χ1) is 11.7. The van der Waals surface area contributed by atoms with Crippen molar-refractivity contribution in [2.24, 2.45) is 5.92 Å². The first-order valence-corrected chi connectivity index (χ1v) is 9.75. The molecule has 4 nitrogen and oxygen atoms in total. The molecule has 1 unspecified atom stereocenters. The van der Waals surface area contributed by atoms with E-state index in [0.29, 0.717) is 16.8 Å². The van der Waals surface area contributed by atoms with Crippen LogP contribution in [0.5, 0.6) is 0 Å². The average molecular weight is 341 g/mol. The molecular formula is C19H23N3OS. The third-order valence-electron chi connectivity index (χ3n) is 5.23. The molecule has 2 aliphatic rings. The van der Waals surface area contributed by atoms with Gasteiger partial charge in [-0.1, -0.05) is 12.8 Å². The third kappa shape index (κ3) is 3.36. The van der Waals surface area contributed by atoms with Gasteiger partial charge in [0.1, 0.15) is 0 Å². The Morgan fingerprint density at radius 3 is 2.79 bits per heavy atom. The molecule has 5 heteroatoms. The molecule has 0 aromatic carbocycles. The molecule has 0 aliphatic heterocycles. The second-order valence-electron chi connectivity index (χ2n) is 7.08. The molecule has 2 aromatic heterocycles. The molecule has 4 rings (SSSR count). The second kappa shape index (κ2) is 6.63. The monoisotopic (exact) mass is 341 g/mol. The number of amides is 1. The van der Waals surface area contributed by atoms with Crippen molar-refractivity contribution in [3.8, 4) is 10.4 Å². The predicted octanol–water partition coefficient (Wildman–Crippen LogP) is 4.39. The Hall–Kier alpha value is -1.75. The van der Waals surface area contributed by atoms with E-state index >= 15 is 0 Å². The fourth-order valence-corrected chi connectivity index (χ4v) is 4.38. The van der Waals surface area contributed by atoms with Crippen LogP contribution in [0.25, 0.3) is 10.4 Å². The van der Waals surface area contributed by atoms with Gasteiger partial charge in [-0.3, -0.25) is 9.78 Å². The fourth-order valence-electron chi connectivity index (χ4n) is 3.56. The summed E-state index contributed by atoms with van der Waals surface area (Å²) in [7, 11) is 0. The van der Waals surface area contributed by atoms with Crippen LogP contribution in [0.1, 0.15) is 66.9 Å². The van der Waals surface area contributed by atoms with Crippen LogP contribution in [0.2, 0.25) is 0 Å². The van der Waals surface area contributed by atoms with Crippen molar-refractivity contribution in [1.82, 2.24) is 15.3 Å². The number of thiazole rings is 1. The molecule has 0 bridgehead atoms. The number of hydrogen-bond acceptors (Lipinski definition) is 4. The predicted molar refractivity (Wildman–Crippen MR) is 96.2 cm³/mol. The zero-order valence-electron chi connectivity index (χ0n) is 14.0. The minimum absolute atomic E-state index is 0.0397. The van der Waals surface area contributed by atoms with Crippen molar-refractivity contribution < 1.29 is 4.79 Å². The minimum Gasteiger partial charge on any atom is -0.347 e. The van der Waals surface area contributed by atoms with E-state index in [1.165, 1.54) is 55.6 Å². The molecule has 0 spiro atoms. The van der Waals surface area contributed by atoms with Crippen molar-refractivity contribution in [2.45, 2.75) is 57.4 Å². The van der Waals surface area contributed by atoms with Gasteiger partial charge in [-0.2, -0.15) is 0 Å². The van der Waals surface area contributed by atoms with Crippen LogP contribution in [-0.4, -0.2) is 21.9 Å². The van der Waals surface area contributed by atoms with Crippen molar-refractivity contribution in [2.75, 3.05) is 0 Å². The van der Waals surface area contributed by atoms with Gasteiger partial charge in [0.15, 0.2) is 5.01 Å². The zero-order chi connectivity index (χ0) is 16.5. The van der Waals surface area contributed by atoms with Gasteiger partial charge in [0.05, 0.1) is 4.88 Å². The Morgan fingerprint density at radius 2 is 2.04 bits per heavy atom. The number of nitrogens with one attached hydrogen (secondary N) is 1. The van der Waals surface area contributed by atoms with Gasteiger partial charge in [0.2, 0.25) is 0 Å². The molecule has 2 saturated carbocycles. The van der Waals surface area contributed by atoms with E-state index in [-0.39, 0.29) is 11.9 Å². The van der Waals surface area contributed by atoms with E-state index in [1.807, 2.05) is 18.5 Å². The van der Waals surface area contributed by atoms with Gasteiger partial charge in [0, 0.05) is 30.0 Å². The van der Waals surface area contributed by atoms with Crippen LogP contribution < -0.4 is 5.32 Å². The topological polar surface area (TPSA) is 54.9 Å². The van der Waals surface area contributed by atoms with Gasteiger partial charge < -0.3 is 5.32 Å². The third-order valence-corrected chi connectivity index (χ3v) is 6.27. The molecule has 1 atom stereocenters. The lowest BCUT2D eigenvalue weighted by atomic mass is 10.00. The number of nitrogens with zero attached hydrogens (tertiary/aromatic N) is 2. The second-order valence-corrected chi connectivity index (χ2v) is 8.11. The van der Waals surface area contributed by atoms with Crippen molar-refractivity contribution in [1.29, 1.82) is 0 Å². The van der Waals surface area contributed by atoms with Crippen molar-refractivity contribution in [3.05, 3.63) is 35.2 Å². The molecular weight excluding hydrogens is 318 g/mol. The number of pyridine rings is 1. The Morgan fingerprint density at radius 1 is 1.25 bits per heavy atom. The summed E-state index contributed by atoms with van der Waals surface area (Å²) >= 11 is 1.47. The van der Waals surface area contributed by atoms with Crippen LogP contribution in [0.15, 0.2) is 24.5 Å². The number of hydrogen-bond donors (Lipinski definition) is 1. The normalized spacial score (nSPS) is 19.4. The SMILES string of the molecule is CC(NC(=O)c1ncc(-c2ccnc(C3CC3)c2)s1)C1CCCC1. The van der Waals surface area contributed by atoms with E-state index in [9.17, 15) is 4.79 Å². The molecule has 1 amide bonds. The number of aromatic nitrogens is 2. The number of carbonyl (C=O) groups is 1. The molecule has 0 saturated heterocycles. The molecule has 2 aliphatic carbocycles.